The van der Waals surface area contributed by atoms with Gasteiger partial charge in [0.2, 0.25) is 0 Å². The summed E-state index contributed by atoms with van der Waals surface area (Å²) in [6.07, 6.45) is 3.59. The highest BCUT2D eigenvalue weighted by Crippen LogP contribution is 2.32. The van der Waals surface area contributed by atoms with Crippen LogP contribution >= 0.6 is 0 Å². The van der Waals surface area contributed by atoms with Gasteiger partial charge in [0.05, 0.1) is 13.2 Å². The Morgan fingerprint density at radius 2 is 1.92 bits per heavy atom. The number of nitrogens with zero attached hydrogens (tertiary/aromatic N) is 2. The normalized spacial score (nSPS) is 19.4. The average molecular weight is 346 g/mol. The van der Waals surface area contributed by atoms with Gasteiger partial charge in [-0.3, -0.25) is 4.99 Å². The summed E-state index contributed by atoms with van der Waals surface area (Å²) in [7, 11) is 1.80. The number of aliphatic imine (C=N–C) groups is 1. The van der Waals surface area contributed by atoms with Gasteiger partial charge in [-0.05, 0) is 44.0 Å². The molecule has 1 aromatic carbocycles. The number of anilines is 1. The van der Waals surface area contributed by atoms with Crippen LogP contribution in [0.1, 0.15) is 26.2 Å². The molecule has 0 aromatic heterocycles. The Morgan fingerprint density at radius 1 is 1.16 bits per heavy atom. The van der Waals surface area contributed by atoms with E-state index < -0.39 is 0 Å². The minimum absolute atomic E-state index is 0.584. The van der Waals surface area contributed by atoms with E-state index in [9.17, 15) is 0 Å². The van der Waals surface area contributed by atoms with Crippen LogP contribution < -0.4 is 20.1 Å². The Kier molecular flexibility index (Phi) is 6.39. The predicted molar refractivity (Wildman–Crippen MR) is 102 cm³/mol. The van der Waals surface area contributed by atoms with Crippen LogP contribution in [0.25, 0.3) is 0 Å². The number of rotatable bonds is 5. The van der Waals surface area contributed by atoms with Crippen LogP contribution in [0.4, 0.5) is 5.69 Å². The highest BCUT2D eigenvalue weighted by atomic mass is 16.5. The zero-order chi connectivity index (χ0) is 17.5. The molecule has 1 unspecified atom stereocenters. The molecule has 0 spiro atoms. The Labute approximate surface area is 150 Å². The van der Waals surface area contributed by atoms with E-state index in [4.69, 9.17) is 9.47 Å². The summed E-state index contributed by atoms with van der Waals surface area (Å²) in [5.74, 6) is 2.97. The van der Waals surface area contributed by atoms with Crippen molar-refractivity contribution < 1.29 is 9.47 Å². The van der Waals surface area contributed by atoms with E-state index in [1.54, 1.807) is 7.05 Å². The summed E-state index contributed by atoms with van der Waals surface area (Å²) in [6.45, 7) is 8.22. The van der Waals surface area contributed by atoms with Crippen molar-refractivity contribution in [3.63, 3.8) is 0 Å². The molecular weight excluding hydrogens is 316 g/mol. The van der Waals surface area contributed by atoms with E-state index in [0.29, 0.717) is 19.1 Å². The molecule has 1 aromatic rings. The summed E-state index contributed by atoms with van der Waals surface area (Å²) in [5.41, 5.74) is 0.949. The number of nitrogens with one attached hydrogen (secondary N) is 2. The van der Waals surface area contributed by atoms with Crippen molar-refractivity contribution in [2.24, 2.45) is 10.9 Å². The van der Waals surface area contributed by atoms with E-state index in [1.807, 2.05) is 18.2 Å². The molecule has 25 heavy (non-hydrogen) atoms. The SMILES string of the molecule is CN=C(NCC(C)CN1CCCC1)Nc1ccc2c(c1)OCCCO2. The molecule has 1 atom stereocenters. The molecule has 0 amide bonds. The summed E-state index contributed by atoms with van der Waals surface area (Å²) in [4.78, 5) is 6.87. The summed E-state index contributed by atoms with van der Waals surface area (Å²) in [5, 5.41) is 6.76. The average Bonchev–Trinajstić information content (AvgIpc) is 3.01. The van der Waals surface area contributed by atoms with Crippen LogP contribution in [-0.4, -0.2) is 57.3 Å². The smallest absolute Gasteiger partial charge is 0.195 e. The van der Waals surface area contributed by atoms with Crippen molar-refractivity contribution in [3.8, 4) is 11.5 Å². The quantitative estimate of drug-likeness (QED) is 0.634. The van der Waals surface area contributed by atoms with E-state index in [2.05, 4.69) is 27.4 Å². The van der Waals surface area contributed by atoms with Crippen molar-refractivity contribution in [2.45, 2.75) is 26.2 Å². The van der Waals surface area contributed by atoms with Gasteiger partial charge in [-0.15, -0.1) is 0 Å². The van der Waals surface area contributed by atoms with E-state index in [1.165, 1.54) is 25.9 Å². The predicted octanol–water partition coefficient (Wildman–Crippen LogP) is 2.57. The maximum atomic E-state index is 5.75. The van der Waals surface area contributed by atoms with Crippen molar-refractivity contribution in [1.29, 1.82) is 0 Å². The molecule has 6 nitrogen and oxygen atoms in total. The first-order valence-corrected chi connectivity index (χ1v) is 9.34. The fraction of sp³-hybridized carbons (Fsp3) is 0.632. The van der Waals surface area contributed by atoms with E-state index in [0.717, 1.165) is 42.7 Å². The Balaban J connectivity index is 1.50. The second-order valence-electron chi connectivity index (χ2n) is 6.90. The van der Waals surface area contributed by atoms with Gasteiger partial charge in [0, 0.05) is 38.3 Å². The molecule has 1 saturated heterocycles. The van der Waals surface area contributed by atoms with Crippen molar-refractivity contribution in [1.82, 2.24) is 10.2 Å². The standard InChI is InChI=1S/C19H30N4O2/c1-15(14-23-8-3-4-9-23)13-21-19(20-2)22-16-6-7-17-18(12-16)25-11-5-10-24-17/h6-7,12,15H,3-5,8-11,13-14H2,1-2H3,(H2,20,21,22). The van der Waals surface area contributed by atoms with Gasteiger partial charge in [-0.2, -0.15) is 0 Å². The number of benzene rings is 1. The molecule has 2 heterocycles. The summed E-state index contributed by atoms with van der Waals surface area (Å²) >= 11 is 0. The number of hydrogen-bond acceptors (Lipinski definition) is 4. The van der Waals surface area contributed by atoms with Crippen LogP contribution in [0.3, 0.4) is 0 Å². The molecule has 138 valence electrons. The molecule has 0 radical (unpaired) electrons. The first-order valence-electron chi connectivity index (χ1n) is 9.34. The Hall–Kier alpha value is -1.95. The third kappa shape index (κ3) is 5.26. The van der Waals surface area contributed by atoms with Gasteiger partial charge in [0.25, 0.3) is 0 Å². The highest BCUT2D eigenvalue weighted by molar-refractivity contribution is 5.93. The van der Waals surface area contributed by atoms with Crippen molar-refractivity contribution >= 4 is 11.6 Å². The lowest BCUT2D eigenvalue weighted by Crippen LogP contribution is -2.37. The maximum absolute atomic E-state index is 5.75. The molecule has 2 aliphatic heterocycles. The molecular formula is C19H30N4O2. The molecule has 3 rings (SSSR count). The van der Waals surface area contributed by atoms with Gasteiger partial charge in [-0.1, -0.05) is 6.92 Å². The lowest BCUT2D eigenvalue weighted by Gasteiger charge is -2.21. The monoisotopic (exact) mass is 346 g/mol. The zero-order valence-electron chi connectivity index (χ0n) is 15.4. The summed E-state index contributed by atoms with van der Waals surface area (Å²) < 4.78 is 11.4. The molecule has 1 fully saturated rings. The second-order valence-corrected chi connectivity index (χ2v) is 6.90. The number of guanidine groups is 1. The second kappa shape index (κ2) is 8.94. The van der Waals surface area contributed by atoms with Crippen LogP contribution in [0, 0.1) is 5.92 Å². The van der Waals surface area contributed by atoms with Gasteiger partial charge >= 0.3 is 0 Å². The first-order chi connectivity index (χ1) is 12.2. The van der Waals surface area contributed by atoms with Gasteiger partial charge in [0.1, 0.15) is 0 Å². The van der Waals surface area contributed by atoms with E-state index >= 15 is 0 Å². The zero-order valence-corrected chi connectivity index (χ0v) is 15.4. The fourth-order valence-corrected chi connectivity index (χ4v) is 3.30. The van der Waals surface area contributed by atoms with Crippen LogP contribution in [0.15, 0.2) is 23.2 Å². The first kappa shape index (κ1) is 17.9. The Morgan fingerprint density at radius 3 is 2.68 bits per heavy atom. The molecule has 2 N–H and O–H groups in total. The molecule has 6 heteroatoms. The number of fused-ring (bicyclic) bond motifs is 1. The third-order valence-electron chi connectivity index (χ3n) is 4.62. The largest absolute Gasteiger partial charge is 0.490 e. The Bertz CT molecular complexity index is 585. The molecule has 2 aliphatic rings. The molecule has 0 aliphatic carbocycles. The van der Waals surface area contributed by atoms with Crippen molar-refractivity contribution in [3.05, 3.63) is 18.2 Å². The number of hydrogen-bond donors (Lipinski definition) is 2. The highest BCUT2D eigenvalue weighted by Gasteiger charge is 2.15. The van der Waals surface area contributed by atoms with Crippen LogP contribution in [0.5, 0.6) is 11.5 Å². The third-order valence-corrected chi connectivity index (χ3v) is 4.62. The van der Waals surface area contributed by atoms with E-state index in [-0.39, 0.29) is 0 Å². The molecule has 0 saturated carbocycles. The van der Waals surface area contributed by atoms with Crippen LogP contribution in [-0.2, 0) is 0 Å². The number of likely N-dealkylation sites (tertiary alicyclic amines) is 1. The fourth-order valence-electron chi connectivity index (χ4n) is 3.30. The van der Waals surface area contributed by atoms with Gasteiger partial charge in [-0.25, -0.2) is 0 Å². The lowest BCUT2D eigenvalue weighted by atomic mass is 10.1. The topological polar surface area (TPSA) is 58.1 Å². The lowest BCUT2D eigenvalue weighted by molar-refractivity contribution is 0.288. The number of ether oxygens (including phenoxy) is 2. The van der Waals surface area contributed by atoms with Crippen LogP contribution in [0.2, 0.25) is 0 Å². The van der Waals surface area contributed by atoms with Gasteiger partial charge in [0.15, 0.2) is 17.5 Å². The minimum atomic E-state index is 0.584. The van der Waals surface area contributed by atoms with Crippen molar-refractivity contribution in [2.75, 3.05) is 51.8 Å². The summed E-state index contributed by atoms with van der Waals surface area (Å²) in [6, 6.07) is 5.92. The molecule has 0 bridgehead atoms. The maximum Gasteiger partial charge on any atom is 0.195 e. The minimum Gasteiger partial charge on any atom is -0.490 e. The van der Waals surface area contributed by atoms with Gasteiger partial charge < -0.3 is 25.0 Å².